The molecule has 4 aromatic carbocycles. The van der Waals surface area contributed by atoms with Crippen molar-refractivity contribution in [1.29, 1.82) is 0 Å². The summed E-state index contributed by atoms with van der Waals surface area (Å²) in [6, 6.07) is 8.31. The van der Waals surface area contributed by atoms with Crippen molar-refractivity contribution < 1.29 is 58.2 Å². The minimum Gasteiger partial charge on any atom is -0.456 e. The zero-order valence-corrected chi connectivity index (χ0v) is 18.6. The zero-order chi connectivity index (χ0) is 28.8. The predicted octanol–water partition coefficient (Wildman–Crippen LogP) is 7.33. The summed E-state index contributed by atoms with van der Waals surface area (Å²) in [4.78, 5) is 25.7. The van der Waals surface area contributed by atoms with Crippen molar-refractivity contribution in [1.82, 2.24) is 0 Å². The molecule has 0 heterocycles. The highest BCUT2D eigenvalue weighted by atomic mass is 19.2. The molecule has 3 nitrogen and oxygen atoms in total. The third-order valence-electron chi connectivity index (χ3n) is 5.36. The SMILES string of the molecule is O=C(c1ccccc1Oc1ccccc1C(=O)c1c(F)c(F)c(F)c(F)c1F)c1c(F)c(F)c(F)c(F)c1F. The Morgan fingerprint density at radius 3 is 0.974 bits per heavy atom. The van der Waals surface area contributed by atoms with Crippen molar-refractivity contribution in [3.63, 3.8) is 0 Å². The Morgan fingerprint density at radius 2 is 0.667 bits per heavy atom. The molecule has 0 fully saturated rings. The molecule has 0 saturated carbocycles. The van der Waals surface area contributed by atoms with Gasteiger partial charge in [0.1, 0.15) is 22.6 Å². The molecule has 0 aliphatic heterocycles. The van der Waals surface area contributed by atoms with E-state index in [2.05, 4.69) is 0 Å². The van der Waals surface area contributed by atoms with Gasteiger partial charge in [0.2, 0.25) is 23.2 Å². The van der Waals surface area contributed by atoms with Crippen LogP contribution in [0.5, 0.6) is 11.5 Å². The minimum absolute atomic E-state index is 0.635. The fourth-order valence-electron chi connectivity index (χ4n) is 3.48. The lowest BCUT2D eigenvalue weighted by molar-refractivity contribution is 0.102. The molecular formula is C26H8F10O3. The first kappa shape index (κ1) is 27.4. The Hall–Kier alpha value is -4.68. The van der Waals surface area contributed by atoms with Gasteiger partial charge in [-0.15, -0.1) is 0 Å². The highest BCUT2D eigenvalue weighted by Gasteiger charge is 2.33. The van der Waals surface area contributed by atoms with Gasteiger partial charge in [0.05, 0.1) is 11.1 Å². The number of halogens is 10. The molecule has 4 aromatic rings. The number of para-hydroxylation sites is 2. The molecule has 0 unspecified atom stereocenters. The molecule has 13 heteroatoms. The van der Waals surface area contributed by atoms with E-state index in [9.17, 15) is 53.5 Å². The van der Waals surface area contributed by atoms with Crippen LogP contribution in [-0.4, -0.2) is 11.6 Å². The van der Waals surface area contributed by atoms with Crippen LogP contribution in [-0.2, 0) is 0 Å². The van der Waals surface area contributed by atoms with Crippen LogP contribution in [0.3, 0.4) is 0 Å². The molecule has 0 N–H and O–H groups in total. The maximum atomic E-state index is 14.2. The van der Waals surface area contributed by atoms with Crippen LogP contribution < -0.4 is 4.74 Å². The first-order valence-corrected chi connectivity index (χ1v) is 10.4. The summed E-state index contributed by atoms with van der Waals surface area (Å²) in [7, 11) is 0. The summed E-state index contributed by atoms with van der Waals surface area (Å²) in [5.74, 6) is -29.1. The molecule has 4 rings (SSSR count). The monoisotopic (exact) mass is 558 g/mol. The van der Waals surface area contributed by atoms with Crippen LogP contribution in [0.25, 0.3) is 0 Å². The number of carbonyl (C=O) groups excluding carboxylic acids is 2. The van der Waals surface area contributed by atoms with Crippen molar-refractivity contribution in [2.24, 2.45) is 0 Å². The average Bonchev–Trinajstić information content (AvgIpc) is 2.93. The molecule has 200 valence electrons. The highest BCUT2D eigenvalue weighted by molar-refractivity contribution is 6.12. The van der Waals surface area contributed by atoms with Crippen LogP contribution in [0.1, 0.15) is 31.8 Å². The van der Waals surface area contributed by atoms with E-state index >= 15 is 0 Å². The minimum atomic E-state index is -2.51. The van der Waals surface area contributed by atoms with Gasteiger partial charge in [-0.25, -0.2) is 43.9 Å². The fourth-order valence-corrected chi connectivity index (χ4v) is 3.48. The number of hydrogen-bond acceptors (Lipinski definition) is 3. The van der Waals surface area contributed by atoms with Crippen molar-refractivity contribution in [3.05, 3.63) is 129 Å². The quantitative estimate of drug-likeness (QED) is 0.108. The molecule has 0 aliphatic carbocycles. The lowest BCUT2D eigenvalue weighted by Crippen LogP contribution is -2.15. The smallest absolute Gasteiger partial charge is 0.202 e. The van der Waals surface area contributed by atoms with Crippen LogP contribution in [0.15, 0.2) is 48.5 Å². The number of carbonyl (C=O) groups is 2. The van der Waals surface area contributed by atoms with Gasteiger partial charge >= 0.3 is 0 Å². The lowest BCUT2D eigenvalue weighted by Gasteiger charge is -2.15. The summed E-state index contributed by atoms with van der Waals surface area (Å²) in [6.45, 7) is 0. The van der Waals surface area contributed by atoms with E-state index in [1.165, 1.54) is 12.1 Å². The molecule has 0 atom stereocenters. The molecule has 0 aliphatic rings. The number of ether oxygens (including phenoxy) is 1. The molecule has 39 heavy (non-hydrogen) atoms. The van der Waals surface area contributed by atoms with E-state index < -0.39 is 103 Å². The van der Waals surface area contributed by atoms with E-state index in [1.54, 1.807) is 0 Å². The molecule has 0 saturated heterocycles. The van der Waals surface area contributed by atoms with Gasteiger partial charge in [-0.1, -0.05) is 24.3 Å². The highest BCUT2D eigenvalue weighted by Crippen LogP contribution is 2.34. The second-order valence-electron chi connectivity index (χ2n) is 7.64. The van der Waals surface area contributed by atoms with E-state index in [4.69, 9.17) is 4.74 Å². The Kier molecular flexibility index (Phi) is 7.18. The van der Waals surface area contributed by atoms with E-state index in [-0.39, 0.29) is 0 Å². The zero-order valence-electron chi connectivity index (χ0n) is 18.6. The van der Waals surface area contributed by atoms with Crippen LogP contribution in [0.2, 0.25) is 0 Å². The summed E-state index contributed by atoms with van der Waals surface area (Å²) >= 11 is 0. The molecule has 0 amide bonds. The number of benzene rings is 4. The van der Waals surface area contributed by atoms with Gasteiger partial charge in [0.25, 0.3) is 0 Å². The van der Waals surface area contributed by atoms with Crippen molar-refractivity contribution in [2.45, 2.75) is 0 Å². The van der Waals surface area contributed by atoms with Gasteiger partial charge in [-0.2, -0.15) is 0 Å². The van der Waals surface area contributed by atoms with Gasteiger partial charge in [-0.3, -0.25) is 9.59 Å². The third kappa shape index (κ3) is 4.49. The first-order valence-electron chi connectivity index (χ1n) is 10.4. The van der Waals surface area contributed by atoms with Crippen molar-refractivity contribution in [3.8, 4) is 11.5 Å². The standard InChI is InChI=1S/C26H8F10O3/c27-15-13(16(28)20(32)23(35)19(15)31)25(37)9-5-1-3-7-11(9)39-12-8-4-2-6-10(12)26(38)14-17(29)21(33)24(36)22(34)18(14)30/h1-8H. The summed E-state index contributed by atoms with van der Waals surface area (Å²) < 4.78 is 144. The Morgan fingerprint density at radius 1 is 0.410 bits per heavy atom. The maximum absolute atomic E-state index is 14.2. The number of rotatable bonds is 6. The molecule has 0 bridgehead atoms. The molecular weight excluding hydrogens is 550 g/mol. The van der Waals surface area contributed by atoms with Gasteiger partial charge < -0.3 is 4.74 Å². The average molecular weight is 558 g/mol. The van der Waals surface area contributed by atoms with E-state index in [0.717, 1.165) is 36.4 Å². The van der Waals surface area contributed by atoms with Gasteiger partial charge in [0, 0.05) is 0 Å². The molecule has 0 aromatic heterocycles. The topological polar surface area (TPSA) is 43.4 Å². The fraction of sp³-hybridized carbons (Fsp3) is 0. The predicted molar refractivity (Wildman–Crippen MR) is 112 cm³/mol. The second kappa shape index (κ2) is 10.2. The van der Waals surface area contributed by atoms with Crippen LogP contribution in [0, 0.1) is 58.2 Å². The van der Waals surface area contributed by atoms with Crippen LogP contribution >= 0.6 is 0 Å². The Bertz CT molecular complexity index is 1500. The van der Waals surface area contributed by atoms with Gasteiger partial charge in [0.15, 0.2) is 46.5 Å². The second-order valence-corrected chi connectivity index (χ2v) is 7.64. The Balaban J connectivity index is 1.82. The summed E-state index contributed by atoms with van der Waals surface area (Å²) in [5, 5.41) is 0. The van der Waals surface area contributed by atoms with Crippen molar-refractivity contribution >= 4 is 11.6 Å². The third-order valence-corrected chi connectivity index (χ3v) is 5.36. The van der Waals surface area contributed by atoms with Crippen molar-refractivity contribution in [2.75, 3.05) is 0 Å². The first-order chi connectivity index (χ1) is 18.4. The Labute approximate surface area is 210 Å². The van der Waals surface area contributed by atoms with E-state index in [0.29, 0.717) is 0 Å². The van der Waals surface area contributed by atoms with E-state index in [1.807, 2.05) is 0 Å². The maximum Gasteiger partial charge on any atom is 0.202 e. The summed E-state index contributed by atoms with van der Waals surface area (Å²) in [6.07, 6.45) is 0. The number of ketones is 2. The van der Waals surface area contributed by atoms with Crippen LogP contribution in [0.4, 0.5) is 43.9 Å². The lowest BCUT2D eigenvalue weighted by atomic mass is 9.99. The van der Waals surface area contributed by atoms with Gasteiger partial charge in [-0.05, 0) is 24.3 Å². The molecule has 0 radical (unpaired) electrons. The normalized spacial score (nSPS) is 11.0. The number of hydrogen-bond donors (Lipinski definition) is 0. The summed E-state index contributed by atoms with van der Waals surface area (Å²) in [5.41, 5.74) is -5.21. The molecule has 0 spiro atoms. The largest absolute Gasteiger partial charge is 0.456 e.